The van der Waals surface area contributed by atoms with Crippen LogP contribution in [0.1, 0.15) is 31.4 Å². The van der Waals surface area contributed by atoms with Crippen molar-refractivity contribution >= 4 is 46.9 Å². The number of nitro benzene ring substituents is 2. The number of methoxy groups -OCH3 is 1. The number of thioether (sulfide) groups is 1. The van der Waals surface area contributed by atoms with Gasteiger partial charge in [0.25, 0.3) is 11.4 Å². The highest BCUT2D eigenvalue weighted by atomic mass is 32.2. The lowest BCUT2D eigenvalue weighted by Gasteiger charge is -2.46. The summed E-state index contributed by atoms with van der Waals surface area (Å²) in [6, 6.07) is 10.6. The van der Waals surface area contributed by atoms with E-state index in [-0.39, 0.29) is 35.5 Å². The first-order chi connectivity index (χ1) is 22.9. The van der Waals surface area contributed by atoms with Gasteiger partial charge >= 0.3 is 12.1 Å². The molecule has 0 aromatic heterocycles. The fraction of sp³-hybridized carbons (Fsp3) is 0.419. The van der Waals surface area contributed by atoms with Crippen LogP contribution in [-0.4, -0.2) is 92.3 Å². The number of ether oxygens (including phenoxy) is 3. The Labute approximate surface area is 278 Å². The van der Waals surface area contributed by atoms with Crippen molar-refractivity contribution in [1.82, 2.24) is 9.80 Å². The fourth-order valence-electron chi connectivity index (χ4n) is 5.91. The van der Waals surface area contributed by atoms with E-state index < -0.39 is 52.0 Å². The van der Waals surface area contributed by atoms with Crippen LogP contribution in [0.4, 0.5) is 16.2 Å². The summed E-state index contributed by atoms with van der Waals surface area (Å²) in [4.78, 5) is 67.6. The number of nitrogens with zero attached hydrogens (tertiary/aromatic N) is 5. The summed E-state index contributed by atoms with van der Waals surface area (Å²) in [5.41, 5.74) is 0.953. The van der Waals surface area contributed by atoms with Crippen LogP contribution in [0.25, 0.3) is 0 Å². The predicted molar refractivity (Wildman–Crippen MR) is 170 cm³/mol. The van der Waals surface area contributed by atoms with E-state index in [0.29, 0.717) is 41.4 Å². The molecule has 2 amide bonds. The maximum Gasteiger partial charge on any atom is 0.435 e. The first kappa shape index (κ1) is 34.5. The third-order valence-corrected chi connectivity index (χ3v) is 9.77. The quantitative estimate of drug-likeness (QED) is 0.0900. The van der Waals surface area contributed by atoms with Gasteiger partial charge in [0.1, 0.15) is 30.9 Å². The Kier molecular flexibility index (Phi) is 10.4. The standard InChI is InChI=1S/C31H33N5O11S/c1-17(37)24-25-27(45-3)28(26(34(25)29(24)38)30(39)46-15-19-4-8-21(9-5-19)35(41)42)48-23-12-13-33(14-23)18(2)32-31(40)47-16-20-6-10-22(11-7-20)36(43)44/h4-11,17,23-25,27,37H,12-16H2,1-3H3/t17-,23+,24-,25-,27?/m1/s1. The molecule has 16 nitrogen and oxygen atoms in total. The Morgan fingerprint density at radius 1 is 1.02 bits per heavy atom. The number of carbonyl (C=O) groups excluding carboxylic acids is 3. The molecule has 5 rings (SSSR count). The second-order valence-electron chi connectivity index (χ2n) is 11.4. The molecule has 0 aliphatic carbocycles. The van der Waals surface area contributed by atoms with E-state index in [4.69, 9.17) is 14.2 Å². The zero-order valence-corrected chi connectivity index (χ0v) is 27.0. The van der Waals surface area contributed by atoms with Gasteiger partial charge in [0.05, 0.1) is 27.9 Å². The van der Waals surface area contributed by atoms with Crippen LogP contribution in [0.2, 0.25) is 0 Å². The number of non-ortho nitro benzene ring substituents is 2. The number of amidine groups is 1. The number of fused-ring (bicyclic) bond motifs is 1. The number of hydrogen-bond acceptors (Lipinski definition) is 12. The third kappa shape index (κ3) is 7.17. The molecule has 2 fully saturated rings. The summed E-state index contributed by atoms with van der Waals surface area (Å²) in [5, 5.41) is 32.1. The zero-order chi connectivity index (χ0) is 34.7. The van der Waals surface area contributed by atoms with Gasteiger partial charge in [-0.3, -0.25) is 29.9 Å². The Bertz CT molecular complexity index is 1660. The van der Waals surface area contributed by atoms with Crippen molar-refractivity contribution in [1.29, 1.82) is 0 Å². The van der Waals surface area contributed by atoms with E-state index in [1.807, 2.05) is 4.90 Å². The van der Waals surface area contributed by atoms with Crippen molar-refractivity contribution in [2.24, 2.45) is 10.9 Å². The number of carbonyl (C=O) groups is 3. The van der Waals surface area contributed by atoms with Crippen molar-refractivity contribution in [2.75, 3.05) is 20.2 Å². The number of amides is 2. The second-order valence-corrected chi connectivity index (χ2v) is 12.8. The first-order valence-corrected chi connectivity index (χ1v) is 15.8. The summed E-state index contributed by atoms with van der Waals surface area (Å²) in [5.74, 6) is -1.53. The van der Waals surface area contributed by atoms with Gasteiger partial charge in [-0.05, 0) is 55.7 Å². The molecule has 3 aliphatic rings. The van der Waals surface area contributed by atoms with Gasteiger partial charge in [0.2, 0.25) is 5.91 Å². The van der Waals surface area contributed by atoms with Crippen LogP contribution in [0.3, 0.4) is 0 Å². The van der Waals surface area contributed by atoms with Crippen LogP contribution in [0.15, 0.2) is 64.1 Å². The normalized spacial score (nSPS) is 22.7. The summed E-state index contributed by atoms with van der Waals surface area (Å²) < 4.78 is 16.6. The number of hydrogen-bond donors (Lipinski definition) is 1. The third-order valence-electron chi connectivity index (χ3n) is 8.37. The smallest absolute Gasteiger partial charge is 0.435 e. The number of benzene rings is 2. The molecule has 3 aliphatic heterocycles. The lowest BCUT2D eigenvalue weighted by atomic mass is 9.82. The van der Waals surface area contributed by atoms with E-state index in [0.717, 1.165) is 0 Å². The lowest BCUT2D eigenvalue weighted by molar-refractivity contribution is -0.385. The lowest BCUT2D eigenvalue weighted by Crippen LogP contribution is -2.65. The van der Waals surface area contributed by atoms with Crippen molar-refractivity contribution < 1.29 is 43.5 Å². The van der Waals surface area contributed by atoms with Crippen LogP contribution in [-0.2, 0) is 37.0 Å². The maximum atomic E-state index is 13.5. The molecule has 0 radical (unpaired) electrons. The molecule has 3 heterocycles. The molecule has 2 aromatic carbocycles. The maximum absolute atomic E-state index is 13.5. The van der Waals surface area contributed by atoms with Crippen LogP contribution in [0, 0.1) is 26.1 Å². The van der Waals surface area contributed by atoms with E-state index in [1.165, 1.54) is 79.2 Å². The highest BCUT2D eigenvalue weighted by molar-refractivity contribution is 8.03. The predicted octanol–water partition coefficient (Wildman–Crippen LogP) is 3.56. The number of aliphatic imine (C=N–C) groups is 1. The van der Waals surface area contributed by atoms with Gasteiger partial charge in [0.15, 0.2) is 0 Å². The molecule has 1 unspecified atom stereocenters. The number of aliphatic hydroxyl groups excluding tert-OH is 1. The Morgan fingerprint density at radius 3 is 2.10 bits per heavy atom. The molecule has 0 spiro atoms. The molecule has 2 saturated heterocycles. The summed E-state index contributed by atoms with van der Waals surface area (Å²) in [6.45, 7) is 3.90. The van der Waals surface area contributed by atoms with Gasteiger partial charge < -0.3 is 24.2 Å². The summed E-state index contributed by atoms with van der Waals surface area (Å²) >= 11 is 1.37. The Hall–Kier alpha value is -4.87. The summed E-state index contributed by atoms with van der Waals surface area (Å²) in [7, 11) is 1.47. The van der Waals surface area contributed by atoms with Gasteiger partial charge in [-0.15, -0.1) is 11.8 Å². The first-order valence-electron chi connectivity index (χ1n) is 14.9. The summed E-state index contributed by atoms with van der Waals surface area (Å²) in [6.07, 6.45) is -1.82. The average Bonchev–Trinajstić information content (AvgIpc) is 3.63. The minimum atomic E-state index is -0.973. The van der Waals surface area contributed by atoms with Crippen molar-refractivity contribution in [3.8, 4) is 0 Å². The van der Waals surface area contributed by atoms with Gasteiger partial charge in [-0.25, -0.2) is 9.59 Å². The number of aliphatic hydroxyl groups is 1. The average molecular weight is 684 g/mol. The monoisotopic (exact) mass is 683 g/mol. The van der Waals surface area contributed by atoms with Gasteiger partial charge in [-0.1, -0.05) is 0 Å². The van der Waals surface area contributed by atoms with Crippen LogP contribution in [0.5, 0.6) is 0 Å². The molecule has 0 bridgehead atoms. The minimum absolute atomic E-state index is 0.0410. The SMILES string of the molecule is COC1C(S[C@H]2CCN(C(C)=NC(=O)OCc3ccc([N+](=O)[O-])cc3)C2)=C(C(=O)OCc2ccc([N+](=O)[O-])cc2)N2C(=O)[C@H]([C@@H](C)O)[C@H]12. The van der Waals surface area contributed by atoms with Crippen molar-refractivity contribution in [3.63, 3.8) is 0 Å². The van der Waals surface area contributed by atoms with E-state index >= 15 is 0 Å². The number of β-lactam (4-membered cyclic amide) rings is 1. The number of likely N-dealkylation sites (tertiary alicyclic amines) is 1. The molecule has 48 heavy (non-hydrogen) atoms. The number of rotatable bonds is 11. The molecule has 254 valence electrons. The Balaban J connectivity index is 1.26. The van der Waals surface area contributed by atoms with E-state index in [9.17, 15) is 39.7 Å². The second kappa shape index (κ2) is 14.5. The Morgan fingerprint density at radius 2 is 1.58 bits per heavy atom. The minimum Gasteiger partial charge on any atom is -0.456 e. The molecule has 0 saturated carbocycles. The van der Waals surface area contributed by atoms with E-state index in [2.05, 4.69) is 4.99 Å². The highest BCUT2D eigenvalue weighted by Crippen LogP contribution is 2.50. The molecular formula is C31H33N5O11S. The van der Waals surface area contributed by atoms with Crippen molar-refractivity contribution in [2.45, 2.75) is 57.0 Å². The van der Waals surface area contributed by atoms with Crippen LogP contribution < -0.4 is 0 Å². The van der Waals surface area contributed by atoms with Gasteiger partial charge in [0, 0.05) is 54.6 Å². The van der Waals surface area contributed by atoms with Gasteiger partial charge in [-0.2, -0.15) is 4.99 Å². The fourth-order valence-corrected chi connectivity index (χ4v) is 7.41. The van der Waals surface area contributed by atoms with E-state index in [1.54, 1.807) is 6.92 Å². The molecular weight excluding hydrogens is 650 g/mol. The number of nitro groups is 2. The molecule has 2 aromatic rings. The molecule has 5 atom stereocenters. The zero-order valence-electron chi connectivity index (χ0n) is 26.2. The van der Waals surface area contributed by atoms with Crippen molar-refractivity contribution in [3.05, 3.63) is 90.5 Å². The molecule has 1 N–H and O–H groups in total. The molecule has 17 heteroatoms. The largest absolute Gasteiger partial charge is 0.456 e. The topological polar surface area (TPSA) is 204 Å². The highest BCUT2D eigenvalue weighted by Gasteiger charge is 2.62. The number of esters is 1. The van der Waals surface area contributed by atoms with Crippen LogP contribution >= 0.6 is 11.8 Å².